The third-order valence-corrected chi connectivity index (χ3v) is 1.81. The first kappa shape index (κ1) is 22.0. The predicted molar refractivity (Wildman–Crippen MR) is 34.6 cm³/mol. The predicted octanol–water partition coefficient (Wildman–Crippen LogP) is 0.291. The molecule has 0 aromatic heterocycles. The maximum atomic E-state index is 12.4. The molecule has 0 radical (unpaired) electrons. The first-order valence-electron chi connectivity index (χ1n) is 3.76. The first-order chi connectivity index (χ1) is 7.94. The molecule has 0 aliphatic carbocycles. The van der Waals surface area contributed by atoms with Crippen LogP contribution in [-0.2, 0) is 4.79 Å². The van der Waals surface area contributed by atoms with Gasteiger partial charge in [0.2, 0.25) is 0 Å². The summed E-state index contributed by atoms with van der Waals surface area (Å²) in [5.74, 6) is -33.6. The molecule has 0 heterocycles. The van der Waals surface area contributed by atoms with Crippen LogP contribution in [0.5, 0.6) is 0 Å². The summed E-state index contributed by atoms with van der Waals surface area (Å²) >= 11 is 0. The van der Waals surface area contributed by atoms with E-state index in [1.807, 2.05) is 0 Å². The Morgan fingerprint density at radius 2 is 1.00 bits per heavy atom. The van der Waals surface area contributed by atoms with Gasteiger partial charge in [-0.3, -0.25) is 0 Å². The van der Waals surface area contributed by atoms with Crippen LogP contribution in [0.2, 0.25) is 0 Å². The van der Waals surface area contributed by atoms with Crippen molar-refractivity contribution in [1.82, 2.24) is 0 Å². The minimum absolute atomic E-state index is 0. The molecule has 20 heavy (non-hydrogen) atoms. The van der Waals surface area contributed by atoms with E-state index >= 15 is 0 Å². The number of carbonyl (C=O) groups is 1. The Morgan fingerprint density at radius 1 is 0.700 bits per heavy atom. The van der Waals surface area contributed by atoms with Crippen molar-refractivity contribution < 1.29 is 89.2 Å². The number of carboxylic acid groups (broad SMARTS) is 1. The second-order valence-electron chi connectivity index (χ2n) is 3.10. The largest absolute Gasteiger partial charge is 1.00 e. The summed E-state index contributed by atoms with van der Waals surface area (Å²) < 4.78 is 133. The molecule has 0 atom stereocenters. The zero-order valence-corrected chi connectivity index (χ0v) is 11.0. The number of rotatable bonds is 4. The average Bonchev–Trinajstić information content (AvgIpc) is 2.14. The van der Waals surface area contributed by atoms with Crippen molar-refractivity contribution in [3.8, 4) is 0 Å². The van der Waals surface area contributed by atoms with Gasteiger partial charge in [-0.25, -0.2) is 4.79 Å². The molecule has 0 aliphatic rings. The van der Waals surface area contributed by atoms with Gasteiger partial charge in [0, 0.05) is 0 Å². The third-order valence-electron chi connectivity index (χ3n) is 1.81. The van der Waals surface area contributed by atoms with E-state index in [0.29, 0.717) is 0 Å². The molecule has 0 saturated heterocycles. The van der Waals surface area contributed by atoms with Crippen molar-refractivity contribution in [3.63, 3.8) is 0 Å². The SMILES string of the molecule is O=C(O)C(F)(F)C(F)(F)C(F)(F)C(F)(F)C(F)(F)F.[H-].[Na+]. The summed E-state index contributed by atoms with van der Waals surface area (Å²) in [5.41, 5.74) is 0. The maximum absolute atomic E-state index is 12.4. The van der Waals surface area contributed by atoms with Crippen LogP contribution in [0.4, 0.5) is 48.3 Å². The molecule has 14 heteroatoms. The molecule has 0 amide bonds. The Balaban J connectivity index is -0.00000162. The average molecular weight is 338 g/mol. The van der Waals surface area contributed by atoms with Gasteiger partial charge in [-0.15, -0.1) is 0 Å². The van der Waals surface area contributed by atoms with Gasteiger partial charge in [-0.1, -0.05) is 0 Å². The normalized spacial score (nSPS) is 14.8. The Hall–Kier alpha value is -0.300. The third kappa shape index (κ3) is 2.84. The summed E-state index contributed by atoms with van der Waals surface area (Å²) in [6.07, 6.45) is -7.30. The van der Waals surface area contributed by atoms with E-state index < -0.39 is 35.8 Å². The summed E-state index contributed by atoms with van der Waals surface area (Å²) in [5, 5.41) is 7.52. The van der Waals surface area contributed by atoms with Crippen LogP contribution in [0, 0.1) is 0 Å². The number of halogens is 11. The fourth-order valence-electron chi connectivity index (χ4n) is 0.707. The molecule has 0 unspecified atom stereocenters. The number of aliphatic carboxylic acids is 1. The second-order valence-corrected chi connectivity index (χ2v) is 3.10. The molecule has 116 valence electrons. The van der Waals surface area contributed by atoms with Crippen molar-refractivity contribution >= 4 is 5.97 Å². The van der Waals surface area contributed by atoms with Crippen molar-refractivity contribution in [2.75, 3.05) is 0 Å². The molecule has 0 rings (SSSR count). The minimum Gasteiger partial charge on any atom is -1.00 e. The van der Waals surface area contributed by atoms with Gasteiger partial charge in [0.1, 0.15) is 0 Å². The van der Waals surface area contributed by atoms with Crippen LogP contribution in [0.25, 0.3) is 0 Å². The molecular weight excluding hydrogens is 336 g/mol. The number of hydrogen-bond donors (Lipinski definition) is 1. The number of carboxylic acids is 1. The number of hydrogen-bond acceptors (Lipinski definition) is 1. The molecule has 0 fully saturated rings. The molecule has 0 aliphatic heterocycles. The van der Waals surface area contributed by atoms with E-state index in [9.17, 15) is 53.1 Å². The summed E-state index contributed by atoms with van der Waals surface area (Å²) in [4.78, 5) is 9.60. The standard InChI is InChI=1S/C6HF11O2.Na.H/c7-2(8,1(18)19)3(9,10)4(11,12)5(13,14)6(15,16)17;;/h(H,18,19);;/q;+1;-1. The Kier molecular flexibility index (Phi) is 6.02. The molecule has 1 N–H and O–H groups in total. The van der Waals surface area contributed by atoms with E-state index in [1.165, 1.54) is 0 Å². The minimum atomic E-state index is -7.68. The van der Waals surface area contributed by atoms with Crippen LogP contribution < -0.4 is 29.6 Å². The fraction of sp³-hybridized carbons (Fsp3) is 0.833. The Morgan fingerprint density at radius 3 is 1.20 bits per heavy atom. The van der Waals surface area contributed by atoms with Crippen LogP contribution >= 0.6 is 0 Å². The Labute approximate surface area is 125 Å². The van der Waals surface area contributed by atoms with E-state index in [-0.39, 0.29) is 31.0 Å². The van der Waals surface area contributed by atoms with Gasteiger partial charge in [0.05, 0.1) is 0 Å². The second kappa shape index (κ2) is 5.48. The monoisotopic (exact) mass is 338 g/mol. The summed E-state index contributed by atoms with van der Waals surface area (Å²) in [7, 11) is 0. The molecule has 0 spiro atoms. The fourth-order valence-corrected chi connectivity index (χ4v) is 0.707. The van der Waals surface area contributed by atoms with E-state index in [0.717, 1.165) is 0 Å². The van der Waals surface area contributed by atoms with Crippen molar-refractivity contribution in [2.45, 2.75) is 29.9 Å². The topological polar surface area (TPSA) is 37.3 Å². The molecule has 2 nitrogen and oxygen atoms in total. The van der Waals surface area contributed by atoms with E-state index in [2.05, 4.69) is 0 Å². The molecule has 0 bridgehead atoms. The van der Waals surface area contributed by atoms with Crippen molar-refractivity contribution in [3.05, 3.63) is 0 Å². The summed E-state index contributed by atoms with van der Waals surface area (Å²) in [6.45, 7) is 0. The van der Waals surface area contributed by atoms with Crippen molar-refractivity contribution in [2.24, 2.45) is 0 Å². The smallest absolute Gasteiger partial charge is 1.00 e. The maximum Gasteiger partial charge on any atom is 1.00 e. The van der Waals surface area contributed by atoms with Crippen LogP contribution in [-0.4, -0.2) is 40.9 Å². The van der Waals surface area contributed by atoms with Crippen LogP contribution in [0.3, 0.4) is 0 Å². The Bertz CT molecular complexity index is 379. The van der Waals surface area contributed by atoms with Gasteiger partial charge >= 0.3 is 65.4 Å². The van der Waals surface area contributed by atoms with Gasteiger partial charge in [-0.05, 0) is 0 Å². The van der Waals surface area contributed by atoms with Crippen LogP contribution in [0.15, 0.2) is 0 Å². The van der Waals surface area contributed by atoms with E-state index in [1.54, 1.807) is 0 Å². The molecule has 0 aromatic carbocycles. The number of alkyl halides is 11. The van der Waals surface area contributed by atoms with Gasteiger partial charge < -0.3 is 6.53 Å². The zero-order chi connectivity index (χ0) is 16.1. The zero-order valence-electron chi connectivity index (χ0n) is 10.0. The van der Waals surface area contributed by atoms with E-state index in [4.69, 9.17) is 5.11 Å². The van der Waals surface area contributed by atoms with Gasteiger partial charge in [0.25, 0.3) is 0 Å². The van der Waals surface area contributed by atoms with Crippen LogP contribution in [0.1, 0.15) is 1.43 Å². The quantitative estimate of drug-likeness (QED) is 0.591. The first-order valence-corrected chi connectivity index (χ1v) is 3.76. The van der Waals surface area contributed by atoms with Crippen molar-refractivity contribution in [1.29, 1.82) is 0 Å². The van der Waals surface area contributed by atoms with Gasteiger partial charge in [0.15, 0.2) is 0 Å². The molecular formula is C6H2F11NaO2. The summed E-state index contributed by atoms with van der Waals surface area (Å²) in [6, 6.07) is 0. The van der Waals surface area contributed by atoms with Gasteiger partial charge in [-0.2, -0.15) is 48.3 Å². The molecule has 0 saturated carbocycles. The molecule has 0 aromatic rings.